The number of methoxy groups -OCH3 is 1. The van der Waals surface area contributed by atoms with Crippen molar-refractivity contribution in [2.75, 3.05) is 33.4 Å². The van der Waals surface area contributed by atoms with Gasteiger partial charge in [0.15, 0.2) is 0 Å². The van der Waals surface area contributed by atoms with E-state index in [9.17, 15) is 5.11 Å². The van der Waals surface area contributed by atoms with Crippen LogP contribution >= 0.6 is 0 Å². The molecule has 0 saturated carbocycles. The number of aliphatic hydroxyl groups is 1. The van der Waals surface area contributed by atoms with Crippen molar-refractivity contribution in [3.8, 4) is 0 Å². The summed E-state index contributed by atoms with van der Waals surface area (Å²) in [5, 5.41) is 12.7. The molecule has 0 bridgehead atoms. The van der Waals surface area contributed by atoms with E-state index in [-0.39, 0.29) is 12.6 Å². The average Bonchev–Trinajstić information content (AvgIpc) is 2.35. The zero-order valence-corrected chi connectivity index (χ0v) is 12.4. The van der Waals surface area contributed by atoms with E-state index in [0.29, 0.717) is 18.1 Å². The molecule has 2 N–H and O–H groups in total. The van der Waals surface area contributed by atoms with Gasteiger partial charge < -0.3 is 20.1 Å². The topological polar surface area (TPSA) is 44.7 Å². The van der Waals surface area contributed by atoms with Crippen LogP contribution in [0.1, 0.15) is 33.6 Å². The highest BCUT2D eigenvalue weighted by atomic mass is 16.5. The quantitative estimate of drug-likeness (QED) is 0.717. The molecule has 0 aromatic heterocycles. The second-order valence-electron chi connectivity index (χ2n) is 5.83. The largest absolute Gasteiger partial charge is 0.395 e. The van der Waals surface area contributed by atoms with Crippen LogP contribution in [0.3, 0.4) is 0 Å². The Balaban J connectivity index is 2.29. The van der Waals surface area contributed by atoms with Gasteiger partial charge in [-0.25, -0.2) is 0 Å². The molecule has 0 amide bonds. The third-order valence-electron chi connectivity index (χ3n) is 3.86. The normalized spacial score (nSPS) is 27.7. The van der Waals surface area contributed by atoms with E-state index >= 15 is 0 Å². The van der Waals surface area contributed by atoms with Crippen molar-refractivity contribution in [1.29, 1.82) is 0 Å². The van der Waals surface area contributed by atoms with Gasteiger partial charge in [-0.2, -0.15) is 0 Å². The molecule has 0 spiro atoms. The molecule has 0 radical (unpaired) electrons. The van der Waals surface area contributed by atoms with Crippen LogP contribution in [-0.4, -0.2) is 61.5 Å². The molecule has 18 heavy (non-hydrogen) atoms. The summed E-state index contributed by atoms with van der Waals surface area (Å²) in [6, 6.07) is 0.639. The molecule has 0 aromatic rings. The third-order valence-corrected chi connectivity index (χ3v) is 3.86. The number of nitrogens with zero attached hydrogens (tertiary/aromatic N) is 1. The number of likely N-dealkylation sites (tertiary alicyclic amines) is 1. The van der Waals surface area contributed by atoms with Crippen LogP contribution in [0.5, 0.6) is 0 Å². The van der Waals surface area contributed by atoms with Crippen LogP contribution in [0.2, 0.25) is 0 Å². The molecule has 3 unspecified atom stereocenters. The van der Waals surface area contributed by atoms with Crippen LogP contribution in [0.25, 0.3) is 0 Å². The fourth-order valence-corrected chi connectivity index (χ4v) is 2.64. The highest BCUT2D eigenvalue weighted by Gasteiger charge is 2.26. The predicted molar refractivity (Wildman–Crippen MR) is 74.8 cm³/mol. The maximum absolute atomic E-state index is 9.34. The molecule has 1 fully saturated rings. The zero-order chi connectivity index (χ0) is 13.5. The number of hydrogen-bond acceptors (Lipinski definition) is 4. The van der Waals surface area contributed by atoms with Crippen molar-refractivity contribution >= 4 is 0 Å². The maximum Gasteiger partial charge on any atom is 0.0724 e. The van der Waals surface area contributed by atoms with E-state index in [2.05, 4.69) is 31.0 Å². The molecule has 0 aliphatic carbocycles. The number of piperidine rings is 1. The van der Waals surface area contributed by atoms with Crippen molar-refractivity contribution in [1.82, 2.24) is 10.2 Å². The molecular formula is C14H30N2O2. The van der Waals surface area contributed by atoms with Gasteiger partial charge in [0.1, 0.15) is 0 Å². The third kappa shape index (κ3) is 5.22. The fourth-order valence-electron chi connectivity index (χ4n) is 2.64. The first kappa shape index (κ1) is 15.9. The van der Waals surface area contributed by atoms with Crippen molar-refractivity contribution < 1.29 is 9.84 Å². The van der Waals surface area contributed by atoms with Crippen molar-refractivity contribution in [3.63, 3.8) is 0 Å². The van der Waals surface area contributed by atoms with E-state index in [1.54, 1.807) is 0 Å². The number of aliphatic hydroxyl groups excluding tert-OH is 1. The lowest BCUT2D eigenvalue weighted by Crippen LogP contribution is -2.46. The summed E-state index contributed by atoms with van der Waals surface area (Å²) in [4.78, 5) is 2.46. The zero-order valence-electron chi connectivity index (χ0n) is 12.4. The van der Waals surface area contributed by atoms with Gasteiger partial charge in [0.05, 0.1) is 12.7 Å². The van der Waals surface area contributed by atoms with Gasteiger partial charge >= 0.3 is 0 Å². The number of rotatable bonds is 7. The summed E-state index contributed by atoms with van der Waals surface area (Å²) in [5.41, 5.74) is 0. The van der Waals surface area contributed by atoms with Crippen LogP contribution < -0.4 is 5.32 Å². The van der Waals surface area contributed by atoms with Gasteiger partial charge in [-0.1, -0.05) is 20.8 Å². The van der Waals surface area contributed by atoms with Gasteiger partial charge in [-0.3, -0.25) is 0 Å². The lowest BCUT2D eigenvalue weighted by Gasteiger charge is -2.36. The van der Waals surface area contributed by atoms with Gasteiger partial charge in [-0.15, -0.1) is 0 Å². The Hall–Kier alpha value is -0.160. The molecule has 1 rings (SSSR count). The Morgan fingerprint density at radius 3 is 2.72 bits per heavy atom. The molecule has 1 heterocycles. The predicted octanol–water partition coefficient (Wildman–Crippen LogP) is 1.09. The van der Waals surface area contributed by atoms with Crippen LogP contribution in [0, 0.1) is 5.92 Å². The van der Waals surface area contributed by atoms with Crippen molar-refractivity contribution in [2.45, 2.75) is 51.8 Å². The molecule has 3 atom stereocenters. The molecule has 0 aromatic carbocycles. The molecule has 4 heteroatoms. The molecule has 1 aliphatic rings. The Bertz CT molecular complexity index is 224. The lowest BCUT2D eigenvalue weighted by atomic mass is 9.95. The first-order valence-electron chi connectivity index (χ1n) is 7.18. The smallest absolute Gasteiger partial charge is 0.0724 e. The summed E-state index contributed by atoms with van der Waals surface area (Å²) in [6.45, 7) is 9.94. The number of hydrogen-bond donors (Lipinski definition) is 2. The highest BCUT2D eigenvalue weighted by Crippen LogP contribution is 2.19. The van der Waals surface area contributed by atoms with Gasteiger partial charge in [0.2, 0.25) is 0 Å². The van der Waals surface area contributed by atoms with E-state index in [4.69, 9.17) is 4.74 Å². The summed E-state index contributed by atoms with van der Waals surface area (Å²) in [5.74, 6) is 0.661. The highest BCUT2D eigenvalue weighted by molar-refractivity contribution is 4.80. The van der Waals surface area contributed by atoms with Crippen molar-refractivity contribution in [2.24, 2.45) is 5.92 Å². The minimum absolute atomic E-state index is 0.213. The van der Waals surface area contributed by atoms with Crippen LogP contribution in [-0.2, 0) is 4.74 Å². The van der Waals surface area contributed by atoms with Crippen molar-refractivity contribution in [3.05, 3.63) is 0 Å². The monoisotopic (exact) mass is 258 g/mol. The minimum atomic E-state index is 0.213. The molecule has 108 valence electrons. The summed E-state index contributed by atoms with van der Waals surface area (Å²) < 4.78 is 5.52. The average molecular weight is 258 g/mol. The Morgan fingerprint density at radius 1 is 1.44 bits per heavy atom. The Kier molecular flexibility index (Phi) is 7.15. The van der Waals surface area contributed by atoms with E-state index in [0.717, 1.165) is 26.1 Å². The first-order chi connectivity index (χ1) is 8.56. The Labute approximate surface area is 112 Å². The minimum Gasteiger partial charge on any atom is -0.395 e. The summed E-state index contributed by atoms with van der Waals surface area (Å²) in [7, 11) is 1.81. The standard InChI is InChI=1S/C14H30N2O2/c1-11(2)15-13(10-17)6-8-16-7-5-12(3)14(9-16)18-4/h11-15,17H,5-10H2,1-4H3. The summed E-state index contributed by atoms with van der Waals surface area (Å²) >= 11 is 0. The fraction of sp³-hybridized carbons (Fsp3) is 1.00. The summed E-state index contributed by atoms with van der Waals surface area (Å²) in [6.07, 6.45) is 2.57. The molecule has 1 saturated heterocycles. The van der Waals surface area contributed by atoms with E-state index in [1.165, 1.54) is 6.42 Å². The van der Waals surface area contributed by atoms with Crippen LogP contribution in [0.15, 0.2) is 0 Å². The first-order valence-corrected chi connectivity index (χ1v) is 7.18. The molecular weight excluding hydrogens is 228 g/mol. The Morgan fingerprint density at radius 2 is 2.17 bits per heavy atom. The van der Waals surface area contributed by atoms with Gasteiger partial charge in [0, 0.05) is 25.7 Å². The van der Waals surface area contributed by atoms with Gasteiger partial charge in [0.25, 0.3) is 0 Å². The van der Waals surface area contributed by atoms with E-state index < -0.39 is 0 Å². The number of nitrogens with one attached hydrogen (secondary N) is 1. The molecule has 1 aliphatic heterocycles. The lowest BCUT2D eigenvalue weighted by molar-refractivity contribution is -0.00632. The van der Waals surface area contributed by atoms with Gasteiger partial charge in [-0.05, 0) is 31.8 Å². The molecule has 4 nitrogen and oxygen atoms in total. The van der Waals surface area contributed by atoms with Crippen LogP contribution in [0.4, 0.5) is 0 Å². The number of ether oxygens (including phenoxy) is 1. The maximum atomic E-state index is 9.34. The second-order valence-corrected chi connectivity index (χ2v) is 5.83. The SMILES string of the molecule is COC1CN(CCC(CO)NC(C)C)CCC1C. The second kappa shape index (κ2) is 8.10. The van der Waals surface area contributed by atoms with E-state index in [1.807, 2.05) is 7.11 Å².